The van der Waals surface area contributed by atoms with E-state index in [1.54, 1.807) is 13.1 Å². The summed E-state index contributed by atoms with van der Waals surface area (Å²) in [5.41, 5.74) is 1.000. The normalized spacial score (nSPS) is 17.1. The first-order chi connectivity index (χ1) is 12.5. The number of likely N-dealkylation sites (N-methyl/N-ethyl adjacent to an activating group) is 1. The van der Waals surface area contributed by atoms with E-state index in [0.29, 0.717) is 19.4 Å². The summed E-state index contributed by atoms with van der Waals surface area (Å²) in [4.78, 5) is 43.4. The smallest absolute Gasteiger partial charge is 0.308 e. The molecule has 1 unspecified atom stereocenters. The van der Waals surface area contributed by atoms with Crippen molar-refractivity contribution in [2.45, 2.75) is 12.8 Å². The van der Waals surface area contributed by atoms with Crippen LogP contribution in [0.4, 0.5) is 0 Å². The molecule has 0 saturated carbocycles. The van der Waals surface area contributed by atoms with Crippen molar-refractivity contribution in [2.24, 2.45) is 5.92 Å². The number of aliphatic carboxylic acids is 1. The molecule has 1 fully saturated rings. The summed E-state index contributed by atoms with van der Waals surface area (Å²) >= 11 is 0. The van der Waals surface area contributed by atoms with Gasteiger partial charge in [-0.1, -0.05) is 24.3 Å². The van der Waals surface area contributed by atoms with Gasteiger partial charge in [0.1, 0.15) is 5.69 Å². The molecule has 1 N–H and O–H groups in total. The minimum absolute atomic E-state index is 0.0975. The first kappa shape index (κ1) is 17.8. The lowest BCUT2D eigenvalue weighted by Gasteiger charge is -2.32. The average molecular weight is 355 g/mol. The summed E-state index contributed by atoms with van der Waals surface area (Å²) in [6.07, 6.45) is 1.24. The number of pyridine rings is 1. The first-order valence-corrected chi connectivity index (χ1v) is 8.57. The zero-order chi connectivity index (χ0) is 18.7. The molecule has 1 aliphatic heterocycles. The Balaban J connectivity index is 1.66. The van der Waals surface area contributed by atoms with Crippen molar-refractivity contribution >= 4 is 28.7 Å². The van der Waals surface area contributed by atoms with E-state index in [-0.39, 0.29) is 30.6 Å². The summed E-state index contributed by atoms with van der Waals surface area (Å²) < 4.78 is 0. The second-order valence-electron chi connectivity index (χ2n) is 6.57. The Hall–Kier alpha value is -2.96. The number of amides is 2. The second-order valence-corrected chi connectivity index (χ2v) is 6.57. The van der Waals surface area contributed by atoms with Crippen molar-refractivity contribution in [1.29, 1.82) is 0 Å². The quantitative estimate of drug-likeness (QED) is 0.900. The lowest BCUT2D eigenvalue weighted by molar-refractivity contribution is -0.145. The maximum absolute atomic E-state index is 12.6. The molecule has 7 heteroatoms. The van der Waals surface area contributed by atoms with Gasteiger partial charge in [0, 0.05) is 25.5 Å². The lowest BCUT2D eigenvalue weighted by Crippen LogP contribution is -2.47. The topological polar surface area (TPSA) is 90.8 Å². The minimum Gasteiger partial charge on any atom is -0.481 e. The largest absolute Gasteiger partial charge is 0.481 e. The van der Waals surface area contributed by atoms with E-state index >= 15 is 0 Å². The van der Waals surface area contributed by atoms with E-state index in [1.165, 1.54) is 9.80 Å². The number of carboxylic acids is 1. The molecule has 1 aliphatic rings. The maximum atomic E-state index is 12.6. The summed E-state index contributed by atoms with van der Waals surface area (Å²) in [6, 6.07) is 11.0. The van der Waals surface area contributed by atoms with Crippen LogP contribution in [0.15, 0.2) is 36.4 Å². The molecule has 0 radical (unpaired) electrons. The average Bonchev–Trinajstić information content (AvgIpc) is 2.67. The van der Waals surface area contributed by atoms with Crippen molar-refractivity contribution in [3.8, 4) is 0 Å². The maximum Gasteiger partial charge on any atom is 0.308 e. The van der Waals surface area contributed by atoms with E-state index in [1.807, 2.05) is 30.3 Å². The Bertz CT molecular complexity index is 852. The highest BCUT2D eigenvalue weighted by molar-refractivity contribution is 5.96. The molecule has 0 aliphatic carbocycles. The third-order valence-corrected chi connectivity index (χ3v) is 4.66. The number of fused-ring (bicyclic) bond motifs is 1. The predicted octanol–water partition coefficient (Wildman–Crippen LogP) is 1.63. The molecule has 0 spiro atoms. The summed E-state index contributed by atoms with van der Waals surface area (Å²) in [5, 5.41) is 10.1. The number of hydrogen-bond acceptors (Lipinski definition) is 4. The van der Waals surface area contributed by atoms with Gasteiger partial charge in [0.05, 0.1) is 18.0 Å². The number of rotatable bonds is 4. The number of carbonyl (C=O) groups is 3. The van der Waals surface area contributed by atoms with Crippen molar-refractivity contribution in [3.63, 3.8) is 0 Å². The molecule has 2 heterocycles. The molecule has 2 aromatic rings. The minimum atomic E-state index is -0.882. The summed E-state index contributed by atoms with van der Waals surface area (Å²) in [5.74, 6) is -1.99. The Labute approximate surface area is 151 Å². The van der Waals surface area contributed by atoms with Crippen molar-refractivity contribution < 1.29 is 19.5 Å². The number of aromatic nitrogens is 1. The number of likely N-dealkylation sites (tertiary alicyclic amines) is 1. The summed E-state index contributed by atoms with van der Waals surface area (Å²) in [7, 11) is 1.55. The van der Waals surface area contributed by atoms with Crippen LogP contribution in [0.2, 0.25) is 0 Å². The molecule has 0 bridgehead atoms. The van der Waals surface area contributed by atoms with Gasteiger partial charge < -0.3 is 14.9 Å². The van der Waals surface area contributed by atoms with Gasteiger partial charge in [0.25, 0.3) is 5.91 Å². The molecule has 1 saturated heterocycles. The van der Waals surface area contributed by atoms with Gasteiger partial charge in [-0.2, -0.15) is 0 Å². The van der Waals surface area contributed by atoms with Gasteiger partial charge in [0.15, 0.2) is 0 Å². The van der Waals surface area contributed by atoms with Crippen LogP contribution in [0, 0.1) is 5.92 Å². The molecule has 1 aromatic heterocycles. The van der Waals surface area contributed by atoms with Gasteiger partial charge in [0.2, 0.25) is 5.91 Å². The van der Waals surface area contributed by atoms with Gasteiger partial charge in [-0.3, -0.25) is 14.4 Å². The van der Waals surface area contributed by atoms with Crippen LogP contribution in [0.3, 0.4) is 0 Å². The van der Waals surface area contributed by atoms with E-state index in [2.05, 4.69) is 4.98 Å². The van der Waals surface area contributed by atoms with Crippen LogP contribution in [-0.2, 0) is 9.59 Å². The Morgan fingerprint density at radius 2 is 2.00 bits per heavy atom. The van der Waals surface area contributed by atoms with Crippen LogP contribution in [-0.4, -0.2) is 64.4 Å². The number of carbonyl (C=O) groups excluding carboxylic acids is 2. The van der Waals surface area contributed by atoms with E-state index in [0.717, 1.165) is 10.9 Å². The third-order valence-electron chi connectivity index (χ3n) is 4.66. The monoisotopic (exact) mass is 355 g/mol. The molecular formula is C19H21N3O4. The van der Waals surface area contributed by atoms with Crippen LogP contribution < -0.4 is 0 Å². The molecule has 3 rings (SSSR count). The van der Waals surface area contributed by atoms with Gasteiger partial charge in [-0.25, -0.2) is 4.98 Å². The van der Waals surface area contributed by atoms with Crippen molar-refractivity contribution in [1.82, 2.24) is 14.8 Å². The van der Waals surface area contributed by atoms with E-state index in [9.17, 15) is 14.4 Å². The summed E-state index contributed by atoms with van der Waals surface area (Å²) in [6.45, 7) is 0.628. The van der Waals surface area contributed by atoms with E-state index < -0.39 is 11.9 Å². The third kappa shape index (κ3) is 3.82. The highest BCUT2D eigenvalue weighted by Crippen LogP contribution is 2.17. The lowest BCUT2D eigenvalue weighted by atomic mass is 9.98. The molecule has 1 atom stereocenters. The zero-order valence-corrected chi connectivity index (χ0v) is 14.6. The van der Waals surface area contributed by atoms with Crippen LogP contribution >= 0.6 is 0 Å². The first-order valence-electron chi connectivity index (χ1n) is 8.57. The molecule has 1 aromatic carbocycles. The van der Waals surface area contributed by atoms with Crippen LogP contribution in [0.25, 0.3) is 10.9 Å². The Kier molecular flexibility index (Phi) is 5.16. The molecule has 26 heavy (non-hydrogen) atoms. The number of benzene rings is 1. The molecular weight excluding hydrogens is 334 g/mol. The predicted molar refractivity (Wildman–Crippen MR) is 95.6 cm³/mol. The zero-order valence-electron chi connectivity index (χ0n) is 14.6. The Morgan fingerprint density at radius 3 is 2.77 bits per heavy atom. The Morgan fingerprint density at radius 1 is 1.23 bits per heavy atom. The number of para-hydroxylation sites is 1. The fourth-order valence-corrected chi connectivity index (χ4v) is 3.16. The standard InChI is InChI=1S/C19H21N3O4/c1-21(12-17(23)22-10-4-6-14(11-22)19(25)26)18(24)16-9-8-13-5-2-3-7-15(13)20-16/h2-3,5,7-9,14H,4,6,10-12H2,1H3,(H,25,26). The van der Waals surface area contributed by atoms with Crippen LogP contribution in [0.1, 0.15) is 23.3 Å². The van der Waals surface area contributed by atoms with Gasteiger partial charge in [-0.15, -0.1) is 0 Å². The van der Waals surface area contributed by atoms with Crippen molar-refractivity contribution in [3.05, 3.63) is 42.1 Å². The van der Waals surface area contributed by atoms with Gasteiger partial charge >= 0.3 is 5.97 Å². The number of hydrogen-bond donors (Lipinski definition) is 1. The second kappa shape index (κ2) is 7.51. The number of nitrogens with zero attached hydrogens (tertiary/aromatic N) is 3. The fraction of sp³-hybridized carbons (Fsp3) is 0.368. The number of carboxylic acid groups (broad SMARTS) is 1. The molecule has 2 amide bonds. The van der Waals surface area contributed by atoms with Crippen LogP contribution in [0.5, 0.6) is 0 Å². The van der Waals surface area contributed by atoms with Crippen molar-refractivity contribution in [2.75, 3.05) is 26.7 Å². The van der Waals surface area contributed by atoms with Gasteiger partial charge in [-0.05, 0) is 25.0 Å². The fourth-order valence-electron chi connectivity index (χ4n) is 3.16. The highest BCUT2D eigenvalue weighted by atomic mass is 16.4. The van der Waals surface area contributed by atoms with E-state index in [4.69, 9.17) is 5.11 Å². The SMILES string of the molecule is CN(CC(=O)N1CCCC(C(=O)O)C1)C(=O)c1ccc2ccccc2n1. The molecule has 7 nitrogen and oxygen atoms in total. The molecule has 136 valence electrons. The highest BCUT2D eigenvalue weighted by Gasteiger charge is 2.29. The number of piperidine rings is 1.